The fourth-order valence-corrected chi connectivity index (χ4v) is 3.99. The van der Waals surface area contributed by atoms with Crippen molar-refractivity contribution >= 4 is 0 Å². The summed E-state index contributed by atoms with van der Waals surface area (Å²) < 4.78 is 40.4. The molecule has 6 heteroatoms. The molecule has 0 amide bonds. The van der Waals surface area contributed by atoms with Crippen LogP contribution in [-0.4, -0.2) is 36.0 Å². The average Bonchev–Trinajstić information content (AvgIpc) is 2.72. The maximum atomic E-state index is 13.6. The van der Waals surface area contributed by atoms with Gasteiger partial charge in [-0.25, -0.2) is 13.2 Å². The van der Waals surface area contributed by atoms with Crippen LogP contribution in [0.5, 0.6) is 0 Å². The van der Waals surface area contributed by atoms with Gasteiger partial charge in [0.05, 0.1) is 5.82 Å². The number of hydrogen-bond donors (Lipinski definition) is 1. The third kappa shape index (κ3) is 6.26. The van der Waals surface area contributed by atoms with E-state index in [1.54, 1.807) is 18.2 Å². The van der Waals surface area contributed by atoms with Gasteiger partial charge in [0, 0.05) is 31.6 Å². The van der Waals surface area contributed by atoms with Crippen molar-refractivity contribution in [1.29, 1.82) is 0 Å². The number of piperidine rings is 1. The number of likely N-dealkylation sites (tertiary alicyclic amines) is 1. The Kier molecular flexibility index (Phi) is 7.31. The van der Waals surface area contributed by atoms with Crippen LogP contribution < -0.4 is 5.32 Å². The molecule has 0 unspecified atom stereocenters. The molecule has 1 heterocycles. The summed E-state index contributed by atoms with van der Waals surface area (Å²) in [7, 11) is 2.13. The second-order valence-electron chi connectivity index (χ2n) is 8.62. The molecule has 0 saturated carbocycles. The van der Waals surface area contributed by atoms with Crippen LogP contribution in [0.25, 0.3) is 0 Å². The summed E-state index contributed by atoms with van der Waals surface area (Å²) in [6, 6.07) is 11.6. The molecule has 2 aromatic carbocycles. The van der Waals surface area contributed by atoms with E-state index in [1.807, 2.05) is 13.0 Å². The van der Waals surface area contributed by atoms with Crippen LogP contribution in [0.3, 0.4) is 0 Å². The van der Waals surface area contributed by atoms with Crippen molar-refractivity contribution in [1.82, 2.24) is 15.1 Å². The van der Waals surface area contributed by atoms with E-state index in [1.165, 1.54) is 18.2 Å². The number of benzene rings is 2. The summed E-state index contributed by atoms with van der Waals surface area (Å²) in [5.74, 6) is -2.28. The first-order valence-corrected chi connectivity index (χ1v) is 10.7. The lowest BCUT2D eigenvalue weighted by Gasteiger charge is -2.40. The van der Waals surface area contributed by atoms with Crippen LogP contribution in [0.2, 0.25) is 0 Å². The fourth-order valence-electron chi connectivity index (χ4n) is 3.99. The zero-order chi connectivity index (χ0) is 22.6. The molecule has 3 rings (SSSR count). The molecule has 0 spiro atoms. The third-order valence-electron chi connectivity index (χ3n) is 6.08. The zero-order valence-electron chi connectivity index (χ0n) is 18.6. The molecule has 1 aliphatic heterocycles. The van der Waals surface area contributed by atoms with E-state index in [9.17, 15) is 13.2 Å². The number of nitrogens with one attached hydrogen (secondary N) is 1. The fraction of sp³-hybridized carbons (Fsp3) is 0.440. The lowest BCUT2D eigenvalue weighted by Crippen LogP contribution is -2.45. The molecule has 1 saturated heterocycles. The van der Waals surface area contributed by atoms with Crippen LogP contribution >= 0.6 is 0 Å². The number of aryl methyl sites for hydroxylation is 1. The van der Waals surface area contributed by atoms with Gasteiger partial charge in [0.15, 0.2) is 0 Å². The minimum Gasteiger partial charge on any atom is -0.368 e. The van der Waals surface area contributed by atoms with Gasteiger partial charge >= 0.3 is 0 Å². The van der Waals surface area contributed by atoms with E-state index in [0.717, 1.165) is 55.4 Å². The predicted molar refractivity (Wildman–Crippen MR) is 119 cm³/mol. The Hall–Kier alpha value is -2.47. The lowest BCUT2D eigenvalue weighted by molar-refractivity contribution is 0.0174. The molecule has 0 radical (unpaired) electrons. The summed E-state index contributed by atoms with van der Waals surface area (Å²) in [4.78, 5) is 4.58. The predicted octanol–water partition coefficient (Wildman–Crippen LogP) is 5.40. The van der Waals surface area contributed by atoms with Gasteiger partial charge in [-0.2, -0.15) is 0 Å². The highest BCUT2D eigenvalue weighted by Crippen LogP contribution is 2.27. The van der Waals surface area contributed by atoms with E-state index in [2.05, 4.69) is 28.7 Å². The van der Waals surface area contributed by atoms with Gasteiger partial charge in [0.2, 0.25) is 0 Å². The van der Waals surface area contributed by atoms with E-state index in [0.29, 0.717) is 19.1 Å². The number of hydrogen-bond acceptors (Lipinski definition) is 3. The minimum absolute atomic E-state index is 0.00909. The second kappa shape index (κ2) is 9.77. The normalized spacial score (nSPS) is 15.7. The quantitative estimate of drug-likeness (QED) is 0.604. The van der Waals surface area contributed by atoms with Gasteiger partial charge in [-0.15, -0.1) is 0 Å². The molecule has 0 aliphatic carbocycles. The summed E-state index contributed by atoms with van der Waals surface area (Å²) in [6.45, 7) is 10.3. The highest BCUT2D eigenvalue weighted by Gasteiger charge is 2.25. The average molecular weight is 432 g/mol. The van der Waals surface area contributed by atoms with Crippen molar-refractivity contribution in [2.24, 2.45) is 0 Å². The van der Waals surface area contributed by atoms with E-state index in [-0.39, 0.29) is 11.4 Å². The summed E-state index contributed by atoms with van der Waals surface area (Å²) in [5.41, 5.74) is 2.91. The lowest BCUT2D eigenvalue weighted by atomic mass is 10.0. The van der Waals surface area contributed by atoms with E-state index >= 15 is 0 Å². The molecule has 31 heavy (non-hydrogen) atoms. The molecule has 0 bridgehead atoms. The van der Waals surface area contributed by atoms with Crippen molar-refractivity contribution in [3.05, 3.63) is 82.9 Å². The smallest absolute Gasteiger partial charge is 0.270 e. The Morgan fingerprint density at radius 2 is 1.81 bits per heavy atom. The molecule has 3 nitrogen and oxygen atoms in total. The molecular formula is C25H32F3N3. The maximum Gasteiger partial charge on any atom is 0.270 e. The molecule has 1 aliphatic rings. The monoisotopic (exact) mass is 431 g/mol. The van der Waals surface area contributed by atoms with Gasteiger partial charge in [0.1, 0.15) is 5.82 Å². The van der Waals surface area contributed by atoms with Crippen molar-refractivity contribution in [2.75, 3.05) is 20.1 Å². The highest BCUT2D eigenvalue weighted by atomic mass is 19.3. The van der Waals surface area contributed by atoms with Crippen molar-refractivity contribution in [2.45, 2.75) is 51.7 Å². The second-order valence-corrected chi connectivity index (χ2v) is 8.62. The minimum atomic E-state index is -2.84. The van der Waals surface area contributed by atoms with Crippen molar-refractivity contribution < 1.29 is 13.2 Å². The molecule has 168 valence electrons. The van der Waals surface area contributed by atoms with Gasteiger partial charge in [-0.1, -0.05) is 36.9 Å². The molecular weight excluding hydrogens is 399 g/mol. The SMILES string of the molecule is C=C(NCc1ccc(C(C)(F)F)cc1)N(Cc1ccc(F)cc1C)C1CCN(C)CC1. The zero-order valence-corrected chi connectivity index (χ0v) is 18.6. The topological polar surface area (TPSA) is 18.5 Å². The van der Waals surface area contributed by atoms with Crippen LogP contribution in [0, 0.1) is 12.7 Å². The standard InChI is InChI=1S/C25H32F3N3/c1-18-15-23(26)10-7-21(18)17-31(24-11-13-30(4)14-12-24)19(2)29-16-20-5-8-22(9-6-20)25(3,27)28/h5-10,15,24,29H,2,11-14,16-17H2,1,3-4H3. The largest absolute Gasteiger partial charge is 0.368 e. The first-order valence-electron chi connectivity index (χ1n) is 10.7. The van der Waals surface area contributed by atoms with Crippen LogP contribution in [0.4, 0.5) is 13.2 Å². The summed E-state index contributed by atoms with van der Waals surface area (Å²) >= 11 is 0. The highest BCUT2D eigenvalue weighted by molar-refractivity contribution is 5.28. The van der Waals surface area contributed by atoms with E-state index in [4.69, 9.17) is 0 Å². The summed E-state index contributed by atoms with van der Waals surface area (Å²) in [5, 5.41) is 3.37. The Morgan fingerprint density at radius 3 is 2.39 bits per heavy atom. The molecule has 0 aromatic heterocycles. The molecule has 0 atom stereocenters. The van der Waals surface area contributed by atoms with Crippen LogP contribution in [0.15, 0.2) is 54.9 Å². The van der Waals surface area contributed by atoms with Gasteiger partial charge in [0.25, 0.3) is 5.92 Å². The first-order chi connectivity index (χ1) is 14.6. The van der Waals surface area contributed by atoms with Gasteiger partial charge in [-0.05, 0) is 68.7 Å². The molecule has 1 fully saturated rings. The van der Waals surface area contributed by atoms with Gasteiger partial charge < -0.3 is 15.1 Å². The molecule has 1 N–H and O–H groups in total. The van der Waals surface area contributed by atoms with Crippen molar-refractivity contribution in [3.63, 3.8) is 0 Å². The Balaban J connectivity index is 1.71. The van der Waals surface area contributed by atoms with Gasteiger partial charge in [-0.3, -0.25) is 0 Å². The van der Waals surface area contributed by atoms with Crippen LogP contribution in [-0.2, 0) is 19.0 Å². The first kappa shape index (κ1) is 23.2. The Morgan fingerprint density at radius 1 is 1.16 bits per heavy atom. The van der Waals surface area contributed by atoms with Crippen molar-refractivity contribution in [3.8, 4) is 0 Å². The number of rotatable bonds is 8. The van der Waals surface area contributed by atoms with Crippen LogP contribution in [0.1, 0.15) is 42.0 Å². The summed E-state index contributed by atoms with van der Waals surface area (Å²) in [6.07, 6.45) is 2.05. The Labute approximate surface area is 183 Å². The number of halogens is 3. The molecule has 2 aromatic rings. The maximum absolute atomic E-state index is 13.6. The number of alkyl halides is 2. The van der Waals surface area contributed by atoms with E-state index < -0.39 is 5.92 Å². The number of nitrogens with zero attached hydrogens (tertiary/aromatic N) is 2. The Bertz CT molecular complexity index is 882. The third-order valence-corrected chi connectivity index (χ3v) is 6.08.